The Morgan fingerprint density at radius 3 is 2.95 bits per heavy atom. The number of rotatable bonds is 6. The first-order chi connectivity index (χ1) is 10.2. The molecule has 0 saturated carbocycles. The van der Waals surface area contributed by atoms with E-state index in [1.807, 2.05) is 13.0 Å². The lowest BCUT2D eigenvalue weighted by molar-refractivity contribution is -0.143. The molecule has 0 unspecified atom stereocenters. The van der Waals surface area contributed by atoms with Gasteiger partial charge in [0.25, 0.3) is 5.91 Å². The highest BCUT2D eigenvalue weighted by molar-refractivity contribution is 5.85. The van der Waals surface area contributed by atoms with Crippen LogP contribution in [0.4, 0.5) is 0 Å². The lowest BCUT2D eigenvalue weighted by Gasteiger charge is -2.06. The maximum Gasteiger partial charge on any atom is 0.330 e. The number of benzene rings is 1. The number of nitrogens with one attached hydrogen (secondary N) is 1. The summed E-state index contributed by atoms with van der Waals surface area (Å²) in [6, 6.07) is 5.43. The van der Waals surface area contributed by atoms with E-state index in [2.05, 4.69) is 5.32 Å². The standard InChI is InChI=1S/C15H17NO5/c1-2-3-4-15(18)19-9-14(17)16-8-11-5-6-12-13(7-11)21-10-20-12/h3-7H,2,8-10H2,1H3,(H,16,17)/b4-3+. The fourth-order valence-corrected chi connectivity index (χ4v) is 1.70. The molecule has 0 saturated heterocycles. The van der Waals surface area contributed by atoms with Gasteiger partial charge in [0.1, 0.15) is 0 Å². The summed E-state index contributed by atoms with van der Waals surface area (Å²) in [5.41, 5.74) is 0.879. The van der Waals surface area contributed by atoms with E-state index in [-0.39, 0.29) is 19.3 Å². The first-order valence-corrected chi connectivity index (χ1v) is 6.67. The van der Waals surface area contributed by atoms with E-state index in [1.165, 1.54) is 6.08 Å². The second-order valence-electron chi connectivity index (χ2n) is 4.38. The van der Waals surface area contributed by atoms with E-state index in [0.717, 1.165) is 12.0 Å². The molecule has 2 rings (SSSR count). The second kappa shape index (κ2) is 7.33. The van der Waals surface area contributed by atoms with Gasteiger partial charge in [-0.05, 0) is 24.1 Å². The van der Waals surface area contributed by atoms with Gasteiger partial charge in [0.15, 0.2) is 18.1 Å². The highest BCUT2D eigenvalue weighted by Crippen LogP contribution is 2.32. The maximum atomic E-state index is 11.6. The molecule has 0 atom stereocenters. The molecule has 0 fully saturated rings. The van der Waals surface area contributed by atoms with Crippen molar-refractivity contribution in [3.63, 3.8) is 0 Å². The van der Waals surface area contributed by atoms with E-state index in [1.54, 1.807) is 18.2 Å². The van der Waals surface area contributed by atoms with E-state index < -0.39 is 5.97 Å². The summed E-state index contributed by atoms with van der Waals surface area (Å²) in [5, 5.41) is 2.66. The van der Waals surface area contributed by atoms with E-state index in [0.29, 0.717) is 18.0 Å². The SMILES string of the molecule is CC/C=C/C(=O)OCC(=O)NCc1ccc2c(c1)OCO2. The molecule has 1 aromatic rings. The lowest BCUT2D eigenvalue weighted by atomic mass is 10.2. The van der Waals surface area contributed by atoms with Crippen LogP contribution in [0, 0.1) is 0 Å². The molecule has 1 heterocycles. The predicted molar refractivity (Wildman–Crippen MR) is 74.8 cm³/mol. The number of amides is 1. The average molecular weight is 291 g/mol. The number of esters is 1. The van der Waals surface area contributed by atoms with Crippen LogP contribution in [0.2, 0.25) is 0 Å². The van der Waals surface area contributed by atoms with Crippen LogP contribution < -0.4 is 14.8 Å². The molecule has 21 heavy (non-hydrogen) atoms. The Kier molecular flexibility index (Phi) is 5.20. The van der Waals surface area contributed by atoms with Gasteiger partial charge in [0.05, 0.1) is 0 Å². The predicted octanol–water partition coefficient (Wildman–Crippen LogP) is 1.54. The summed E-state index contributed by atoms with van der Waals surface area (Å²) >= 11 is 0. The van der Waals surface area contributed by atoms with Crippen molar-refractivity contribution >= 4 is 11.9 Å². The van der Waals surface area contributed by atoms with Crippen LogP contribution in [-0.4, -0.2) is 25.3 Å². The number of ether oxygens (including phenoxy) is 3. The molecule has 0 bridgehead atoms. The number of allylic oxidation sites excluding steroid dienone is 1. The summed E-state index contributed by atoms with van der Waals surface area (Å²) in [5.74, 6) is 0.487. The number of carbonyl (C=O) groups is 2. The number of hydrogen-bond acceptors (Lipinski definition) is 5. The fourth-order valence-electron chi connectivity index (χ4n) is 1.70. The van der Waals surface area contributed by atoms with Crippen LogP contribution in [0.15, 0.2) is 30.4 Å². The third-order valence-electron chi connectivity index (χ3n) is 2.76. The van der Waals surface area contributed by atoms with Crippen LogP contribution in [0.1, 0.15) is 18.9 Å². The minimum Gasteiger partial charge on any atom is -0.454 e. The molecule has 1 aromatic carbocycles. The highest BCUT2D eigenvalue weighted by atomic mass is 16.7. The van der Waals surface area contributed by atoms with Crippen molar-refractivity contribution in [2.45, 2.75) is 19.9 Å². The van der Waals surface area contributed by atoms with Crippen molar-refractivity contribution < 1.29 is 23.8 Å². The van der Waals surface area contributed by atoms with Crippen molar-refractivity contribution in [3.8, 4) is 11.5 Å². The largest absolute Gasteiger partial charge is 0.454 e. The zero-order valence-corrected chi connectivity index (χ0v) is 11.8. The van der Waals surface area contributed by atoms with Gasteiger partial charge >= 0.3 is 5.97 Å². The van der Waals surface area contributed by atoms with Gasteiger partial charge in [-0.3, -0.25) is 4.79 Å². The van der Waals surface area contributed by atoms with Crippen LogP contribution >= 0.6 is 0 Å². The molecule has 0 radical (unpaired) electrons. The van der Waals surface area contributed by atoms with Crippen LogP contribution in [0.5, 0.6) is 11.5 Å². The number of hydrogen-bond donors (Lipinski definition) is 1. The Morgan fingerprint density at radius 2 is 2.14 bits per heavy atom. The average Bonchev–Trinajstić information content (AvgIpc) is 2.96. The molecular weight excluding hydrogens is 274 g/mol. The fraction of sp³-hybridized carbons (Fsp3) is 0.333. The van der Waals surface area contributed by atoms with Gasteiger partial charge in [-0.2, -0.15) is 0 Å². The third kappa shape index (κ3) is 4.52. The summed E-state index contributed by atoms with van der Waals surface area (Å²) in [6.45, 7) is 2.16. The van der Waals surface area contributed by atoms with Crippen molar-refractivity contribution in [2.24, 2.45) is 0 Å². The normalized spacial score (nSPS) is 12.4. The van der Waals surface area contributed by atoms with Crippen molar-refractivity contribution in [3.05, 3.63) is 35.9 Å². The molecule has 1 amide bonds. The zero-order chi connectivity index (χ0) is 15.1. The van der Waals surface area contributed by atoms with E-state index in [9.17, 15) is 9.59 Å². The van der Waals surface area contributed by atoms with Crippen molar-refractivity contribution in [1.82, 2.24) is 5.32 Å². The first kappa shape index (κ1) is 14.9. The van der Waals surface area contributed by atoms with E-state index in [4.69, 9.17) is 14.2 Å². The van der Waals surface area contributed by atoms with Gasteiger partial charge < -0.3 is 19.5 Å². The Morgan fingerprint density at radius 1 is 1.33 bits per heavy atom. The van der Waals surface area contributed by atoms with Crippen LogP contribution in [0.3, 0.4) is 0 Å². The Balaban J connectivity index is 1.74. The van der Waals surface area contributed by atoms with Gasteiger partial charge in [-0.15, -0.1) is 0 Å². The molecule has 112 valence electrons. The molecule has 1 N–H and O–H groups in total. The molecule has 0 spiro atoms. The van der Waals surface area contributed by atoms with Crippen molar-refractivity contribution in [2.75, 3.05) is 13.4 Å². The quantitative estimate of drug-likeness (QED) is 0.635. The zero-order valence-electron chi connectivity index (χ0n) is 11.8. The molecule has 6 heteroatoms. The number of fused-ring (bicyclic) bond motifs is 1. The summed E-state index contributed by atoms with van der Waals surface area (Å²) in [6.07, 6.45) is 3.73. The first-order valence-electron chi connectivity index (χ1n) is 6.67. The minimum atomic E-state index is -0.518. The summed E-state index contributed by atoms with van der Waals surface area (Å²) < 4.78 is 15.2. The molecule has 6 nitrogen and oxygen atoms in total. The van der Waals surface area contributed by atoms with Crippen molar-refractivity contribution in [1.29, 1.82) is 0 Å². The Labute approximate surface area is 122 Å². The second-order valence-corrected chi connectivity index (χ2v) is 4.38. The molecule has 1 aliphatic rings. The molecule has 0 aromatic heterocycles. The monoisotopic (exact) mass is 291 g/mol. The lowest BCUT2D eigenvalue weighted by Crippen LogP contribution is -2.28. The summed E-state index contributed by atoms with van der Waals surface area (Å²) in [4.78, 5) is 22.7. The van der Waals surface area contributed by atoms with E-state index >= 15 is 0 Å². The number of carbonyl (C=O) groups excluding carboxylic acids is 2. The molecular formula is C15H17NO5. The van der Waals surface area contributed by atoms with Gasteiger partial charge in [-0.1, -0.05) is 19.1 Å². The molecule has 0 aliphatic carbocycles. The minimum absolute atomic E-state index is 0.215. The Hall–Kier alpha value is -2.50. The maximum absolute atomic E-state index is 11.6. The van der Waals surface area contributed by atoms with Gasteiger partial charge in [0, 0.05) is 12.6 Å². The smallest absolute Gasteiger partial charge is 0.330 e. The summed E-state index contributed by atoms with van der Waals surface area (Å²) in [7, 11) is 0. The molecule has 1 aliphatic heterocycles. The Bertz CT molecular complexity index is 553. The third-order valence-corrected chi connectivity index (χ3v) is 2.76. The van der Waals surface area contributed by atoms with Crippen LogP contribution in [-0.2, 0) is 20.9 Å². The highest BCUT2D eigenvalue weighted by Gasteiger charge is 2.13. The van der Waals surface area contributed by atoms with Gasteiger partial charge in [-0.25, -0.2) is 4.79 Å². The van der Waals surface area contributed by atoms with Crippen LogP contribution in [0.25, 0.3) is 0 Å². The van der Waals surface area contributed by atoms with Gasteiger partial charge in [0.2, 0.25) is 6.79 Å². The topological polar surface area (TPSA) is 73.9 Å².